The van der Waals surface area contributed by atoms with Gasteiger partial charge in [-0.05, 0) is 117 Å². The molecular formula is C63H44N2S. The van der Waals surface area contributed by atoms with Crippen molar-refractivity contribution < 1.29 is 0 Å². The lowest BCUT2D eigenvalue weighted by molar-refractivity contribution is 0.660. The maximum absolute atomic E-state index is 2.44. The molecule has 0 atom stereocenters. The predicted octanol–water partition coefficient (Wildman–Crippen LogP) is 17.9. The van der Waals surface area contributed by atoms with E-state index in [1.807, 2.05) is 11.3 Å². The third kappa shape index (κ3) is 6.01. The molecule has 3 heteroatoms. The Morgan fingerprint density at radius 3 is 1.58 bits per heavy atom. The Balaban J connectivity index is 0.864. The molecule has 2 aromatic heterocycles. The number of anilines is 3. The molecule has 0 saturated heterocycles. The summed E-state index contributed by atoms with van der Waals surface area (Å²) >= 11 is 1.86. The molecule has 1 aliphatic rings. The first-order valence-corrected chi connectivity index (χ1v) is 23.6. The summed E-state index contributed by atoms with van der Waals surface area (Å²) in [6, 6.07) is 85.0. The smallest absolute Gasteiger partial charge is 0.0554 e. The number of benzene rings is 10. The second-order valence-electron chi connectivity index (χ2n) is 18.1. The predicted molar refractivity (Wildman–Crippen MR) is 282 cm³/mol. The van der Waals surface area contributed by atoms with Crippen LogP contribution in [0.4, 0.5) is 17.1 Å². The van der Waals surface area contributed by atoms with E-state index in [9.17, 15) is 0 Å². The van der Waals surface area contributed by atoms with Gasteiger partial charge in [0.1, 0.15) is 0 Å². The van der Waals surface area contributed by atoms with E-state index in [0.29, 0.717) is 0 Å². The highest BCUT2D eigenvalue weighted by atomic mass is 32.1. The van der Waals surface area contributed by atoms with Crippen LogP contribution in [0.15, 0.2) is 231 Å². The molecule has 0 fully saturated rings. The van der Waals surface area contributed by atoms with Gasteiger partial charge < -0.3 is 9.47 Å². The highest BCUT2D eigenvalue weighted by Gasteiger charge is 2.35. The van der Waals surface area contributed by atoms with Gasteiger partial charge in [-0.3, -0.25) is 0 Å². The van der Waals surface area contributed by atoms with Crippen LogP contribution in [0.2, 0.25) is 0 Å². The molecule has 0 saturated carbocycles. The van der Waals surface area contributed by atoms with Crippen molar-refractivity contribution in [1.29, 1.82) is 0 Å². The number of fused-ring (bicyclic) bond motifs is 9. The Bertz CT molecular complexity index is 3780. The number of hydrogen-bond acceptors (Lipinski definition) is 2. The topological polar surface area (TPSA) is 8.17 Å². The average Bonchev–Trinajstić information content (AvgIpc) is 4.00. The van der Waals surface area contributed by atoms with Crippen molar-refractivity contribution in [3.05, 3.63) is 242 Å². The van der Waals surface area contributed by atoms with Crippen LogP contribution in [0.25, 0.3) is 92.2 Å². The summed E-state index contributed by atoms with van der Waals surface area (Å²) in [5, 5.41) is 5.10. The van der Waals surface area contributed by atoms with E-state index in [0.717, 1.165) is 11.4 Å². The maximum Gasteiger partial charge on any atom is 0.0554 e. The van der Waals surface area contributed by atoms with Crippen LogP contribution in [0.5, 0.6) is 0 Å². The molecular weight excluding hydrogens is 817 g/mol. The van der Waals surface area contributed by atoms with Gasteiger partial charge in [0.2, 0.25) is 0 Å². The van der Waals surface area contributed by atoms with E-state index >= 15 is 0 Å². The van der Waals surface area contributed by atoms with Gasteiger partial charge in [-0.2, -0.15) is 0 Å². The Morgan fingerprint density at radius 2 is 0.879 bits per heavy atom. The second kappa shape index (κ2) is 15.1. The van der Waals surface area contributed by atoms with Crippen molar-refractivity contribution >= 4 is 70.4 Å². The fraction of sp³-hybridized carbons (Fsp3) is 0.0476. The number of thiophene rings is 1. The molecule has 2 heterocycles. The largest absolute Gasteiger partial charge is 0.310 e. The van der Waals surface area contributed by atoms with Crippen molar-refractivity contribution in [2.75, 3.05) is 4.90 Å². The summed E-state index contributed by atoms with van der Waals surface area (Å²) in [6.45, 7) is 4.71. The lowest BCUT2D eigenvalue weighted by Crippen LogP contribution is -2.14. The van der Waals surface area contributed by atoms with E-state index in [1.165, 1.54) is 109 Å². The summed E-state index contributed by atoms with van der Waals surface area (Å²) in [5.74, 6) is 0. The molecule has 0 N–H and O–H groups in total. The van der Waals surface area contributed by atoms with Crippen molar-refractivity contribution in [1.82, 2.24) is 4.57 Å². The lowest BCUT2D eigenvalue weighted by atomic mass is 9.81. The van der Waals surface area contributed by atoms with Crippen LogP contribution in [0.1, 0.15) is 25.0 Å². The van der Waals surface area contributed by atoms with Crippen LogP contribution in [0.3, 0.4) is 0 Å². The van der Waals surface area contributed by atoms with Crippen LogP contribution in [-0.4, -0.2) is 4.57 Å². The highest BCUT2D eigenvalue weighted by Crippen LogP contribution is 2.50. The van der Waals surface area contributed by atoms with Crippen molar-refractivity contribution in [2.24, 2.45) is 0 Å². The lowest BCUT2D eigenvalue weighted by Gasteiger charge is -2.27. The number of rotatable bonds is 7. The zero-order valence-corrected chi connectivity index (χ0v) is 37.6. The van der Waals surface area contributed by atoms with Crippen LogP contribution in [-0.2, 0) is 5.41 Å². The fourth-order valence-corrected chi connectivity index (χ4v) is 11.9. The van der Waals surface area contributed by atoms with Gasteiger partial charge in [0, 0.05) is 53.3 Å². The molecule has 0 amide bonds. The van der Waals surface area contributed by atoms with E-state index in [4.69, 9.17) is 0 Å². The van der Waals surface area contributed by atoms with Crippen LogP contribution in [0, 0.1) is 0 Å². The van der Waals surface area contributed by atoms with Gasteiger partial charge in [-0.25, -0.2) is 0 Å². The molecule has 13 rings (SSSR count). The zero-order valence-electron chi connectivity index (χ0n) is 36.7. The number of para-hydroxylation sites is 3. The molecule has 312 valence electrons. The van der Waals surface area contributed by atoms with Crippen molar-refractivity contribution in [2.45, 2.75) is 19.3 Å². The first kappa shape index (κ1) is 38.5. The quantitative estimate of drug-likeness (QED) is 0.155. The Kier molecular flexibility index (Phi) is 8.78. The summed E-state index contributed by atoms with van der Waals surface area (Å²) in [6.07, 6.45) is 0. The van der Waals surface area contributed by atoms with Gasteiger partial charge in [-0.1, -0.05) is 178 Å². The van der Waals surface area contributed by atoms with Gasteiger partial charge in [0.15, 0.2) is 0 Å². The molecule has 0 aliphatic heterocycles. The molecule has 0 radical (unpaired) electrons. The Labute approximate surface area is 388 Å². The summed E-state index contributed by atoms with van der Waals surface area (Å²) < 4.78 is 5.00. The third-order valence-corrected chi connectivity index (χ3v) is 15.2. The SMILES string of the molecule is CC1(C)c2ccccc2-c2ccc(-c3ccc(N(c4ccc(-c5ccc(-c6ccccc6-n6c7ccccc7c7ccccc76)cc5)cc4)c4cccc5sc6ccccc6c45)cc3)cc21. The van der Waals surface area contributed by atoms with Crippen molar-refractivity contribution in [3.8, 4) is 50.2 Å². The van der Waals surface area contributed by atoms with E-state index in [1.54, 1.807) is 0 Å². The standard InChI is InChI=1S/C63H44N2S/c1-63(2)54-19-8-3-15-49(54)50-39-34-45(40-55(50)63)43-32-37-47(38-33-43)64(59-23-13-25-61-62(59)53-18-7-12-24-60(53)66-61)46-35-30-42(31-36-46)41-26-28-44(29-27-41)48-14-4-9-20-56(48)65-57-21-10-5-16-51(57)52-17-6-11-22-58(52)65/h3-40H,1-2H3. The molecule has 0 unspecified atom stereocenters. The van der Waals surface area contributed by atoms with Crippen LogP contribution >= 0.6 is 11.3 Å². The monoisotopic (exact) mass is 860 g/mol. The molecule has 66 heavy (non-hydrogen) atoms. The molecule has 1 aliphatic carbocycles. The molecule has 0 bridgehead atoms. The van der Waals surface area contributed by atoms with E-state index in [2.05, 4.69) is 254 Å². The van der Waals surface area contributed by atoms with Crippen LogP contribution < -0.4 is 4.90 Å². The number of nitrogens with zero attached hydrogens (tertiary/aromatic N) is 2. The van der Waals surface area contributed by atoms with Crippen molar-refractivity contribution in [3.63, 3.8) is 0 Å². The highest BCUT2D eigenvalue weighted by molar-refractivity contribution is 7.26. The minimum atomic E-state index is -0.0469. The van der Waals surface area contributed by atoms with E-state index < -0.39 is 0 Å². The minimum Gasteiger partial charge on any atom is -0.310 e. The van der Waals surface area contributed by atoms with Gasteiger partial charge in [0.25, 0.3) is 0 Å². The number of aromatic nitrogens is 1. The second-order valence-corrected chi connectivity index (χ2v) is 19.2. The minimum absolute atomic E-state index is 0.0469. The summed E-state index contributed by atoms with van der Waals surface area (Å²) in [4.78, 5) is 2.44. The molecule has 2 nitrogen and oxygen atoms in total. The van der Waals surface area contributed by atoms with Gasteiger partial charge in [-0.15, -0.1) is 11.3 Å². The fourth-order valence-electron chi connectivity index (χ4n) is 10.8. The zero-order chi connectivity index (χ0) is 43.9. The van der Waals surface area contributed by atoms with Gasteiger partial charge in [0.05, 0.1) is 22.4 Å². The first-order chi connectivity index (χ1) is 32.5. The molecule has 12 aromatic rings. The first-order valence-electron chi connectivity index (χ1n) is 22.8. The molecule has 0 spiro atoms. The summed E-state index contributed by atoms with van der Waals surface area (Å²) in [5.41, 5.74) is 19.7. The van der Waals surface area contributed by atoms with E-state index in [-0.39, 0.29) is 5.41 Å². The third-order valence-electron chi connectivity index (χ3n) is 14.0. The summed E-state index contributed by atoms with van der Waals surface area (Å²) in [7, 11) is 0. The normalized spacial score (nSPS) is 12.8. The Morgan fingerprint density at radius 1 is 0.379 bits per heavy atom. The van der Waals surface area contributed by atoms with Gasteiger partial charge >= 0.3 is 0 Å². The average molecular weight is 861 g/mol. The number of hydrogen-bond donors (Lipinski definition) is 0. The maximum atomic E-state index is 2.44. The molecule has 10 aromatic carbocycles. The Hall–Kier alpha value is -7.98.